The van der Waals surface area contributed by atoms with Gasteiger partial charge in [-0.2, -0.15) is 0 Å². The van der Waals surface area contributed by atoms with Crippen LogP contribution in [-0.2, 0) is 4.57 Å². The Balaban J connectivity index is 0. The largest absolute Gasteiger partial charge is 0.800 e. The first-order valence-electron chi connectivity index (χ1n) is 3.73. The van der Waals surface area contributed by atoms with Gasteiger partial charge in [0, 0.05) is 7.37 Å². The van der Waals surface area contributed by atoms with Gasteiger partial charge in [0.15, 0.2) is 0 Å². The molecule has 4 nitrogen and oxygen atoms in total. The number of quaternary nitrogens is 1. The molecular weight excluding hydrogens is 177 g/mol. The molecule has 12 heavy (non-hydrogen) atoms. The minimum Gasteiger partial charge on any atom is -0.800 e. The van der Waals surface area contributed by atoms with Crippen molar-refractivity contribution in [3.05, 3.63) is 0 Å². The van der Waals surface area contributed by atoms with Crippen LogP contribution in [0, 0.1) is 0 Å². The molecule has 0 unspecified atom stereocenters. The maximum atomic E-state index is 9.66. The second-order valence-corrected chi connectivity index (χ2v) is 6.49. The molecule has 0 fully saturated rings. The van der Waals surface area contributed by atoms with Crippen LogP contribution in [0.3, 0.4) is 0 Å². The van der Waals surface area contributed by atoms with E-state index in [1.54, 1.807) is 0 Å². The third kappa shape index (κ3) is 49.7. The summed E-state index contributed by atoms with van der Waals surface area (Å²) in [4.78, 5) is 9.66. The van der Waals surface area contributed by atoms with Crippen LogP contribution in [0.1, 0.15) is 0 Å². The van der Waals surface area contributed by atoms with Crippen LogP contribution in [0.4, 0.5) is 0 Å². The third-order valence-corrected chi connectivity index (χ3v) is 0.771. The quantitative estimate of drug-likeness (QED) is 0.482. The zero-order chi connectivity index (χ0) is 10.4. The van der Waals surface area contributed by atoms with Crippen LogP contribution >= 0.6 is 7.37 Å². The average molecular weight is 197 g/mol. The molecule has 0 atom stereocenters. The number of aliphatic hydroxyl groups excluding tert-OH is 1. The number of hydrogen-bond donors (Lipinski definition) is 1. The van der Waals surface area contributed by atoms with E-state index in [9.17, 15) is 9.46 Å². The zero-order valence-electron chi connectivity index (χ0n) is 8.57. The van der Waals surface area contributed by atoms with Crippen molar-refractivity contribution in [2.75, 3.05) is 47.6 Å². The lowest BCUT2D eigenvalue weighted by molar-refractivity contribution is -0.870. The lowest BCUT2D eigenvalue weighted by Gasteiger charge is -2.21. The Kier molecular flexibility index (Phi) is 6.95. The van der Waals surface area contributed by atoms with Gasteiger partial charge < -0.3 is 19.0 Å². The van der Waals surface area contributed by atoms with Crippen molar-refractivity contribution in [3.8, 4) is 0 Å². The van der Waals surface area contributed by atoms with Crippen LogP contribution < -0.4 is 4.89 Å². The molecule has 0 heterocycles. The van der Waals surface area contributed by atoms with Gasteiger partial charge in [0.25, 0.3) is 0 Å². The number of nitrogens with zero attached hydrogens (tertiary/aromatic N) is 1. The Morgan fingerprint density at radius 3 is 1.58 bits per heavy atom. The highest BCUT2D eigenvalue weighted by molar-refractivity contribution is 7.54. The van der Waals surface area contributed by atoms with Crippen LogP contribution in [0.25, 0.3) is 0 Å². The van der Waals surface area contributed by atoms with Gasteiger partial charge in [-0.3, -0.25) is 0 Å². The molecule has 76 valence electrons. The van der Waals surface area contributed by atoms with Crippen molar-refractivity contribution in [1.29, 1.82) is 0 Å². The van der Waals surface area contributed by atoms with Crippen LogP contribution in [0.15, 0.2) is 0 Å². The molecule has 0 rings (SSSR count). The monoisotopic (exact) mass is 197 g/mol. The predicted molar refractivity (Wildman–Crippen MR) is 49.4 cm³/mol. The van der Waals surface area contributed by atoms with Crippen molar-refractivity contribution in [2.45, 2.75) is 0 Å². The molecule has 0 amide bonds. The van der Waals surface area contributed by atoms with E-state index in [2.05, 4.69) is 21.1 Å². The molecule has 0 aromatic carbocycles. The van der Waals surface area contributed by atoms with E-state index >= 15 is 0 Å². The van der Waals surface area contributed by atoms with Crippen LogP contribution in [0.5, 0.6) is 0 Å². The summed E-state index contributed by atoms with van der Waals surface area (Å²) >= 11 is 0. The van der Waals surface area contributed by atoms with E-state index in [1.807, 2.05) is 0 Å². The molecule has 0 aliphatic rings. The molecule has 0 radical (unpaired) electrons. The first kappa shape index (κ1) is 14.6. The van der Waals surface area contributed by atoms with Gasteiger partial charge in [0.2, 0.25) is 0 Å². The summed E-state index contributed by atoms with van der Waals surface area (Å²) in [6.07, 6.45) is 0. The first-order valence-corrected chi connectivity index (χ1v) is 6.25. The molecule has 5 heteroatoms. The Morgan fingerprint density at radius 1 is 1.33 bits per heavy atom. The lowest BCUT2D eigenvalue weighted by Crippen LogP contribution is -2.36. The molecule has 1 N–H and O–H groups in total. The van der Waals surface area contributed by atoms with Crippen molar-refractivity contribution in [1.82, 2.24) is 0 Å². The van der Waals surface area contributed by atoms with Crippen molar-refractivity contribution in [3.63, 3.8) is 0 Å². The van der Waals surface area contributed by atoms with Crippen LogP contribution in [-0.4, -0.2) is 57.2 Å². The SMILES string of the molecule is CP(C)(=O)[O-].C[N+](C)(C)CCO. The fourth-order valence-electron chi connectivity index (χ4n) is 0.300. The number of aliphatic hydroxyl groups is 1. The fraction of sp³-hybridized carbons (Fsp3) is 1.00. The molecular formula is C7H20NO3P. The van der Waals surface area contributed by atoms with E-state index in [-0.39, 0.29) is 6.61 Å². The fourth-order valence-corrected chi connectivity index (χ4v) is 0.300. The average Bonchev–Trinajstić information content (AvgIpc) is 1.54. The smallest absolute Gasteiger partial charge is 0.101 e. The Hall–Kier alpha value is 0.110. The second kappa shape index (κ2) is 5.70. The summed E-state index contributed by atoms with van der Waals surface area (Å²) in [6, 6.07) is 0. The molecule has 0 aromatic heterocycles. The molecule has 0 aliphatic heterocycles. The Labute approximate surface area is 74.9 Å². The van der Waals surface area contributed by atoms with E-state index in [0.717, 1.165) is 11.0 Å². The summed E-state index contributed by atoms with van der Waals surface area (Å²) in [6.45, 7) is 3.49. The van der Waals surface area contributed by atoms with Gasteiger partial charge in [-0.25, -0.2) is 0 Å². The first-order chi connectivity index (χ1) is 5.06. The zero-order valence-corrected chi connectivity index (χ0v) is 9.47. The van der Waals surface area contributed by atoms with E-state index < -0.39 is 7.37 Å². The summed E-state index contributed by atoms with van der Waals surface area (Å²) in [5.74, 6) is 0. The van der Waals surface area contributed by atoms with Crippen LogP contribution in [0.2, 0.25) is 0 Å². The lowest BCUT2D eigenvalue weighted by atomic mass is 10.5. The molecule has 0 saturated carbocycles. The second-order valence-electron chi connectivity index (χ2n) is 3.99. The van der Waals surface area contributed by atoms with Gasteiger partial charge in [0.1, 0.15) is 6.54 Å². The Morgan fingerprint density at radius 2 is 1.58 bits per heavy atom. The van der Waals surface area contributed by atoms with Crippen molar-refractivity contribution < 1.29 is 19.0 Å². The minimum absolute atomic E-state index is 0.281. The predicted octanol–water partition coefficient (Wildman–Crippen LogP) is -0.431. The highest BCUT2D eigenvalue weighted by Crippen LogP contribution is 2.20. The molecule has 0 bridgehead atoms. The number of hydrogen-bond acceptors (Lipinski definition) is 3. The normalized spacial score (nSPS) is 11.9. The van der Waals surface area contributed by atoms with Gasteiger partial charge in [-0.1, -0.05) is 0 Å². The van der Waals surface area contributed by atoms with Gasteiger partial charge in [-0.05, 0) is 13.3 Å². The summed E-state index contributed by atoms with van der Waals surface area (Å²) in [5, 5.41) is 8.39. The van der Waals surface area contributed by atoms with Crippen molar-refractivity contribution >= 4 is 7.37 Å². The third-order valence-electron chi connectivity index (χ3n) is 0.771. The maximum Gasteiger partial charge on any atom is 0.101 e. The number of likely N-dealkylation sites (N-methyl/N-ethyl adjacent to an activating group) is 1. The maximum absolute atomic E-state index is 9.66. The van der Waals surface area contributed by atoms with E-state index in [4.69, 9.17) is 5.11 Å². The molecule has 0 aliphatic carbocycles. The molecule has 0 spiro atoms. The topological polar surface area (TPSA) is 60.4 Å². The Bertz CT molecular complexity index is 139. The van der Waals surface area contributed by atoms with E-state index in [0.29, 0.717) is 0 Å². The standard InChI is InChI=1S/C5H14NO.C2H7O2P/c1-6(2,3)4-5-7;1-5(2,3)4/h7H,4-5H2,1-3H3;1-2H3,(H,3,4)/q+1;/p-1. The van der Waals surface area contributed by atoms with Crippen molar-refractivity contribution in [2.24, 2.45) is 0 Å². The highest BCUT2D eigenvalue weighted by atomic mass is 31.2. The summed E-state index contributed by atoms with van der Waals surface area (Å²) < 4.78 is 10.5. The minimum atomic E-state index is -2.89. The summed E-state index contributed by atoms with van der Waals surface area (Å²) in [5.41, 5.74) is 0. The number of rotatable bonds is 2. The highest BCUT2D eigenvalue weighted by Gasteiger charge is 2.02. The van der Waals surface area contributed by atoms with Gasteiger partial charge >= 0.3 is 0 Å². The van der Waals surface area contributed by atoms with E-state index in [1.165, 1.54) is 13.3 Å². The summed E-state index contributed by atoms with van der Waals surface area (Å²) in [7, 11) is 3.27. The molecule has 0 saturated heterocycles. The molecule has 0 aromatic rings. The van der Waals surface area contributed by atoms with Gasteiger partial charge in [0.05, 0.1) is 27.7 Å². The van der Waals surface area contributed by atoms with Gasteiger partial charge in [-0.15, -0.1) is 0 Å².